The molecule has 2 aromatic carbocycles. The van der Waals surface area contributed by atoms with Crippen LogP contribution in [-0.4, -0.2) is 0 Å². The summed E-state index contributed by atoms with van der Waals surface area (Å²) in [7, 11) is 0. The van der Waals surface area contributed by atoms with Crippen LogP contribution < -0.4 is 5.73 Å². The van der Waals surface area contributed by atoms with Crippen LogP contribution in [0.25, 0.3) is 11.1 Å². The van der Waals surface area contributed by atoms with E-state index in [-0.39, 0.29) is 10.0 Å². The molecule has 2 rings (SSSR count). The Bertz CT molecular complexity index is 582. The van der Waals surface area contributed by atoms with Crippen molar-refractivity contribution in [2.75, 3.05) is 5.73 Å². The van der Waals surface area contributed by atoms with Crippen molar-refractivity contribution in [1.82, 2.24) is 0 Å². The van der Waals surface area contributed by atoms with E-state index >= 15 is 0 Å². The highest BCUT2D eigenvalue weighted by molar-refractivity contribution is 9.10. The maximum Gasteiger partial charge on any atom is 0.148 e. The fourth-order valence-corrected chi connectivity index (χ4v) is 2.07. The van der Waals surface area contributed by atoms with Gasteiger partial charge in [0.15, 0.2) is 0 Å². The molecule has 0 aliphatic carbocycles. The Morgan fingerprint density at radius 1 is 1.12 bits per heavy atom. The smallest absolute Gasteiger partial charge is 0.148 e. The number of nitrogen functional groups attached to an aromatic ring is 1. The molecule has 0 radical (unpaired) electrons. The van der Waals surface area contributed by atoms with Crippen LogP contribution in [0.5, 0.6) is 0 Å². The Labute approximate surface area is 106 Å². The topological polar surface area (TPSA) is 26.0 Å². The minimum absolute atomic E-state index is 0.0307. The molecule has 2 aromatic rings. The summed E-state index contributed by atoms with van der Waals surface area (Å²) in [5.74, 6) is -1.18. The lowest BCUT2D eigenvalue weighted by atomic mass is 9.99. The molecule has 0 saturated carbocycles. The van der Waals surface area contributed by atoms with Gasteiger partial charge >= 0.3 is 0 Å². The van der Waals surface area contributed by atoms with Gasteiger partial charge in [0.25, 0.3) is 0 Å². The molecule has 0 bridgehead atoms. The molecule has 1 nitrogen and oxygen atoms in total. The summed E-state index contributed by atoms with van der Waals surface area (Å²) in [6.07, 6.45) is 0. The zero-order chi connectivity index (χ0) is 12.6. The number of anilines is 1. The minimum Gasteiger partial charge on any atom is -0.399 e. The third kappa shape index (κ3) is 2.17. The molecule has 0 spiro atoms. The molecule has 0 fully saturated rings. The molecular weight excluding hydrogens is 288 g/mol. The first-order valence-corrected chi connectivity index (χ1v) is 5.80. The highest BCUT2D eigenvalue weighted by Crippen LogP contribution is 2.33. The Morgan fingerprint density at radius 3 is 2.47 bits per heavy atom. The lowest BCUT2D eigenvalue weighted by Gasteiger charge is -2.10. The molecule has 4 heteroatoms. The first-order chi connectivity index (χ1) is 8.00. The van der Waals surface area contributed by atoms with E-state index in [1.165, 1.54) is 12.1 Å². The first kappa shape index (κ1) is 12.0. The second kappa shape index (κ2) is 4.45. The number of nitrogens with two attached hydrogens (primary N) is 1. The second-order valence-corrected chi connectivity index (χ2v) is 4.65. The normalized spacial score (nSPS) is 10.6. The number of hydrogen-bond donors (Lipinski definition) is 1. The molecule has 88 valence electrons. The molecule has 0 aliphatic rings. The van der Waals surface area contributed by atoms with E-state index in [9.17, 15) is 8.78 Å². The van der Waals surface area contributed by atoms with Crippen LogP contribution in [0.15, 0.2) is 34.8 Å². The van der Waals surface area contributed by atoms with E-state index in [0.717, 1.165) is 5.56 Å². The van der Waals surface area contributed by atoms with Crippen molar-refractivity contribution in [3.63, 3.8) is 0 Å². The average molecular weight is 298 g/mol. The fraction of sp³-hybridized carbons (Fsp3) is 0.0769. The minimum atomic E-state index is -0.599. The van der Waals surface area contributed by atoms with Gasteiger partial charge in [0.2, 0.25) is 0 Å². The van der Waals surface area contributed by atoms with Crippen LogP contribution in [-0.2, 0) is 0 Å². The number of aryl methyl sites for hydroxylation is 1. The molecule has 17 heavy (non-hydrogen) atoms. The highest BCUT2D eigenvalue weighted by atomic mass is 79.9. The standard InChI is InChI=1S/C13H10BrF2N/c1-7-6-8(17)2-3-9(7)12-11(15)5-4-10(14)13(12)16/h2-6H,17H2,1H3. The quantitative estimate of drug-likeness (QED) is 0.617. The summed E-state index contributed by atoms with van der Waals surface area (Å²) in [5, 5.41) is 0. The molecule has 0 saturated heterocycles. The Morgan fingerprint density at radius 2 is 1.82 bits per heavy atom. The summed E-state index contributed by atoms with van der Waals surface area (Å²) in [6.45, 7) is 1.77. The number of benzene rings is 2. The third-order valence-corrected chi connectivity index (χ3v) is 3.18. The van der Waals surface area contributed by atoms with Crippen LogP contribution in [0.4, 0.5) is 14.5 Å². The predicted molar refractivity (Wildman–Crippen MR) is 68.6 cm³/mol. The van der Waals surface area contributed by atoms with Gasteiger partial charge in [-0.05, 0) is 58.2 Å². The molecule has 0 heterocycles. The molecule has 2 N–H and O–H groups in total. The van der Waals surface area contributed by atoms with Crippen molar-refractivity contribution in [3.05, 3.63) is 52.0 Å². The predicted octanol–water partition coefficient (Wildman–Crippen LogP) is 4.28. The molecule has 0 amide bonds. The lowest BCUT2D eigenvalue weighted by molar-refractivity contribution is 0.585. The van der Waals surface area contributed by atoms with Crippen LogP contribution in [0, 0.1) is 18.6 Å². The van der Waals surface area contributed by atoms with Crippen LogP contribution in [0.1, 0.15) is 5.56 Å². The summed E-state index contributed by atoms with van der Waals surface area (Å²) >= 11 is 3.05. The molecule has 0 aromatic heterocycles. The van der Waals surface area contributed by atoms with E-state index in [2.05, 4.69) is 15.9 Å². The van der Waals surface area contributed by atoms with Crippen LogP contribution in [0.3, 0.4) is 0 Å². The van der Waals surface area contributed by atoms with Gasteiger partial charge in [-0.3, -0.25) is 0 Å². The van der Waals surface area contributed by atoms with Crippen LogP contribution in [0.2, 0.25) is 0 Å². The summed E-state index contributed by atoms with van der Waals surface area (Å²) in [5.41, 5.74) is 7.40. The number of rotatable bonds is 1. The van der Waals surface area contributed by atoms with Gasteiger partial charge in [-0.2, -0.15) is 0 Å². The summed E-state index contributed by atoms with van der Waals surface area (Å²) in [4.78, 5) is 0. The largest absolute Gasteiger partial charge is 0.399 e. The van der Waals surface area contributed by atoms with Gasteiger partial charge < -0.3 is 5.73 Å². The summed E-state index contributed by atoms with van der Waals surface area (Å²) in [6, 6.07) is 7.52. The van der Waals surface area contributed by atoms with E-state index in [1.54, 1.807) is 25.1 Å². The maximum atomic E-state index is 13.9. The SMILES string of the molecule is Cc1cc(N)ccc1-c1c(F)ccc(Br)c1F. The number of halogens is 3. The van der Waals surface area contributed by atoms with Crippen molar-refractivity contribution >= 4 is 21.6 Å². The Hall–Kier alpha value is -1.42. The highest BCUT2D eigenvalue weighted by Gasteiger charge is 2.15. The Kier molecular flexibility index (Phi) is 3.15. The van der Waals surface area contributed by atoms with Crippen molar-refractivity contribution < 1.29 is 8.78 Å². The van der Waals surface area contributed by atoms with Gasteiger partial charge in [0.05, 0.1) is 10.0 Å². The maximum absolute atomic E-state index is 13.9. The van der Waals surface area contributed by atoms with Crippen LogP contribution >= 0.6 is 15.9 Å². The van der Waals surface area contributed by atoms with Crippen molar-refractivity contribution in [2.24, 2.45) is 0 Å². The fourth-order valence-electron chi connectivity index (χ4n) is 1.74. The van der Waals surface area contributed by atoms with E-state index in [0.29, 0.717) is 11.3 Å². The number of hydrogen-bond acceptors (Lipinski definition) is 1. The first-order valence-electron chi connectivity index (χ1n) is 5.00. The van der Waals surface area contributed by atoms with Gasteiger partial charge in [-0.25, -0.2) is 8.78 Å². The zero-order valence-corrected chi connectivity index (χ0v) is 10.7. The van der Waals surface area contributed by atoms with Crippen molar-refractivity contribution in [3.8, 4) is 11.1 Å². The summed E-state index contributed by atoms with van der Waals surface area (Å²) < 4.78 is 27.9. The van der Waals surface area contributed by atoms with Crippen molar-refractivity contribution in [2.45, 2.75) is 6.92 Å². The Balaban J connectivity index is 2.72. The average Bonchev–Trinajstić information content (AvgIpc) is 2.27. The van der Waals surface area contributed by atoms with Crippen molar-refractivity contribution in [1.29, 1.82) is 0 Å². The molecular formula is C13H10BrF2N. The van der Waals surface area contributed by atoms with E-state index < -0.39 is 11.6 Å². The molecule has 0 atom stereocenters. The van der Waals surface area contributed by atoms with Gasteiger partial charge in [-0.1, -0.05) is 6.07 Å². The zero-order valence-electron chi connectivity index (χ0n) is 9.10. The molecule has 0 unspecified atom stereocenters. The van der Waals surface area contributed by atoms with Gasteiger partial charge in [-0.15, -0.1) is 0 Å². The van der Waals surface area contributed by atoms with E-state index in [1.807, 2.05) is 0 Å². The lowest BCUT2D eigenvalue weighted by Crippen LogP contribution is -1.95. The van der Waals surface area contributed by atoms with Gasteiger partial charge in [0, 0.05) is 5.69 Å². The third-order valence-electron chi connectivity index (χ3n) is 2.56. The van der Waals surface area contributed by atoms with Gasteiger partial charge in [0.1, 0.15) is 11.6 Å². The second-order valence-electron chi connectivity index (χ2n) is 3.79. The van der Waals surface area contributed by atoms with E-state index in [4.69, 9.17) is 5.73 Å². The molecule has 0 aliphatic heterocycles. The monoisotopic (exact) mass is 297 g/mol.